The Hall–Kier alpha value is -1.40. The largest absolute Gasteiger partial charge is 0.478 e. The number of anilines is 1. The molecule has 0 spiro atoms. The summed E-state index contributed by atoms with van der Waals surface area (Å²) < 4.78 is 5.41. The van der Waals surface area contributed by atoms with Crippen LogP contribution in [0.2, 0.25) is 0 Å². The Morgan fingerprint density at radius 3 is 2.58 bits per heavy atom. The molecule has 1 aromatic heterocycles. The Kier molecular flexibility index (Phi) is 4.24. The van der Waals surface area contributed by atoms with E-state index in [9.17, 15) is 14.7 Å². The fraction of sp³-hybridized carbons (Fsp3) is 0.667. The highest BCUT2D eigenvalue weighted by Crippen LogP contribution is 2.56. The number of rotatable bonds is 3. The molecule has 0 bridgehead atoms. The van der Waals surface area contributed by atoms with Gasteiger partial charge >= 0.3 is 5.97 Å². The van der Waals surface area contributed by atoms with Gasteiger partial charge in [-0.3, -0.25) is 4.79 Å². The monoisotopic (exact) mass is 351 g/mol. The topological polar surface area (TPSA) is 75.6 Å². The maximum atomic E-state index is 12.9. The quantitative estimate of drug-likeness (QED) is 0.865. The summed E-state index contributed by atoms with van der Waals surface area (Å²) in [7, 11) is 0. The van der Waals surface area contributed by atoms with Crippen molar-refractivity contribution in [2.24, 2.45) is 16.7 Å². The molecule has 1 unspecified atom stereocenters. The number of carboxylic acids is 1. The summed E-state index contributed by atoms with van der Waals surface area (Å²) in [5, 5.41) is 13.0. The number of carbonyl (C=O) groups is 2. The van der Waals surface area contributed by atoms with E-state index in [1.165, 1.54) is 11.3 Å². The molecule has 2 aliphatic rings. The summed E-state index contributed by atoms with van der Waals surface area (Å²) in [6.45, 7) is 9.62. The van der Waals surface area contributed by atoms with Crippen LogP contribution in [0.4, 0.5) is 5.00 Å². The van der Waals surface area contributed by atoms with Crippen LogP contribution in [0.1, 0.15) is 61.3 Å². The van der Waals surface area contributed by atoms with E-state index in [2.05, 4.69) is 33.0 Å². The number of carboxylic acid groups (broad SMARTS) is 1. The zero-order chi connectivity index (χ0) is 17.7. The summed E-state index contributed by atoms with van der Waals surface area (Å²) in [6.07, 6.45) is 2.42. The normalized spacial score (nSPS) is 24.4. The number of fused-ring (bicyclic) bond motifs is 1. The van der Waals surface area contributed by atoms with E-state index in [-0.39, 0.29) is 28.2 Å². The molecule has 24 heavy (non-hydrogen) atoms. The van der Waals surface area contributed by atoms with E-state index in [1.807, 2.05) is 0 Å². The van der Waals surface area contributed by atoms with Crippen LogP contribution in [0.5, 0.6) is 0 Å². The van der Waals surface area contributed by atoms with Gasteiger partial charge in [-0.1, -0.05) is 27.7 Å². The molecule has 0 aromatic carbocycles. The van der Waals surface area contributed by atoms with Crippen molar-refractivity contribution in [1.29, 1.82) is 0 Å². The van der Waals surface area contributed by atoms with E-state index in [1.54, 1.807) is 0 Å². The predicted octanol–water partition coefficient (Wildman–Crippen LogP) is 3.92. The number of ether oxygens (including phenoxy) is 1. The Balaban J connectivity index is 1.88. The van der Waals surface area contributed by atoms with Crippen molar-refractivity contribution in [1.82, 2.24) is 0 Å². The Bertz CT molecular complexity index is 689. The molecule has 1 fully saturated rings. The van der Waals surface area contributed by atoms with Crippen molar-refractivity contribution < 1.29 is 19.4 Å². The molecule has 2 heterocycles. The van der Waals surface area contributed by atoms with E-state index in [0.29, 0.717) is 24.6 Å². The lowest BCUT2D eigenvalue weighted by Crippen LogP contribution is -2.38. The zero-order valence-electron chi connectivity index (χ0n) is 14.7. The van der Waals surface area contributed by atoms with Gasteiger partial charge in [0.05, 0.1) is 18.8 Å². The molecule has 5 nitrogen and oxygen atoms in total. The molecule has 1 saturated carbocycles. The number of thiophene rings is 1. The first-order chi connectivity index (χ1) is 11.1. The van der Waals surface area contributed by atoms with Gasteiger partial charge in [-0.25, -0.2) is 4.79 Å². The van der Waals surface area contributed by atoms with Gasteiger partial charge in [0.1, 0.15) is 5.00 Å². The summed E-state index contributed by atoms with van der Waals surface area (Å²) in [6, 6.07) is 0. The third-order valence-electron chi connectivity index (χ3n) is 6.26. The number of hydrogen-bond acceptors (Lipinski definition) is 4. The molecule has 0 saturated heterocycles. The molecule has 1 aliphatic heterocycles. The van der Waals surface area contributed by atoms with Crippen molar-refractivity contribution in [3.05, 3.63) is 16.0 Å². The molecule has 2 N–H and O–H groups in total. The first-order valence-electron chi connectivity index (χ1n) is 8.41. The van der Waals surface area contributed by atoms with E-state index in [0.717, 1.165) is 23.3 Å². The van der Waals surface area contributed by atoms with Crippen molar-refractivity contribution in [3.63, 3.8) is 0 Å². The Labute approximate surface area is 146 Å². The van der Waals surface area contributed by atoms with Crippen LogP contribution in [0.25, 0.3) is 0 Å². The van der Waals surface area contributed by atoms with Gasteiger partial charge in [0.15, 0.2) is 0 Å². The standard InChI is InChI=1S/C18H25NO4S/c1-17(2)7-5-11(18(17,3)4)14(20)19-15-13(16(21)22)10-6-8-23-9-12(10)24-15/h11H,5-9H2,1-4H3,(H,19,20)(H,21,22). The van der Waals surface area contributed by atoms with Gasteiger partial charge in [0.2, 0.25) is 5.91 Å². The number of amides is 1. The maximum Gasteiger partial charge on any atom is 0.339 e. The lowest BCUT2D eigenvalue weighted by Gasteiger charge is -2.38. The van der Waals surface area contributed by atoms with Gasteiger partial charge < -0.3 is 15.2 Å². The molecule has 0 radical (unpaired) electrons. The summed E-state index contributed by atoms with van der Waals surface area (Å²) >= 11 is 1.34. The molecule has 1 amide bonds. The zero-order valence-corrected chi connectivity index (χ0v) is 15.5. The SMILES string of the molecule is CC1(C)CCC(C(=O)Nc2sc3c(c2C(=O)O)CCOC3)C1(C)C. The molecule has 6 heteroatoms. The highest BCUT2D eigenvalue weighted by Gasteiger charge is 2.51. The number of carbonyl (C=O) groups excluding carboxylic acids is 1. The second-order valence-corrected chi connectivity index (χ2v) is 9.11. The number of aromatic carboxylic acids is 1. The average molecular weight is 351 g/mol. The second-order valence-electron chi connectivity index (χ2n) is 8.00. The molecule has 1 atom stereocenters. The molecule has 1 aliphatic carbocycles. The van der Waals surface area contributed by atoms with Crippen LogP contribution in [0, 0.1) is 16.7 Å². The third-order valence-corrected chi connectivity index (χ3v) is 7.38. The van der Waals surface area contributed by atoms with E-state index < -0.39 is 5.97 Å². The highest BCUT2D eigenvalue weighted by atomic mass is 32.1. The number of nitrogens with one attached hydrogen (secondary N) is 1. The first kappa shape index (κ1) is 17.4. The minimum Gasteiger partial charge on any atom is -0.478 e. The summed E-state index contributed by atoms with van der Waals surface area (Å²) in [5.74, 6) is -1.15. The van der Waals surface area contributed by atoms with Crippen LogP contribution in [0.3, 0.4) is 0 Å². The lowest BCUT2D eigenvalue weighted by molar-refractivity contribution is -0.123. The Morgan fingerprint density at radius 1 is 1.29 bits per heavy atom. The third kappa shape index (κ3) is 2.65. The fourth-order valence-corrected chi connectivity index (χ4v) is 5.04. The van der Waals surface area contributed by atoms with E-state index >= 15 is 0 Å². The molecule has 3 rings (SSSR count). The highest BCUT2D eigenvalue weighted by molar-refractivity contribution is 7.17. The minimum absolute atomic E-state index is 0.0624. The molecule has 1 aromatic rings. The van der Waals surface area contributed by atoms with E-state index in [4.69, 9.17) is 4.74 Å². The number of hydrogen-bond donors (Lipinski definition) is 2. The molecular formula is C18H25NO4S. The smallest absolute Gasteiger partial charge is 0.339 e. The van der Waals surface area contributed by atoms with Crippen molar-refractivity contribution in [2.75, 3.05) is 11.9 Å². The summed E-state index contributed by atoms with van der Waals surface area (Å²) in [5.41, 5.74) is 1.04. The predicted molar refractivity (Wildman–Crippen MR) is 93.6 cm³/mol. The van der Waals surface area contributed by atoms with Crippen LogP contribution >= 0.6 is 11.3 Å². The molecule has 132 valence electrons. The Morgan fingerprint density at radius 2 is 2.00 bits per heavy atom. The molecular weight excluding hydrogens is 326 g/mol. The fourth-order valence-electron chi connectivity index (χ4n) is 3.86. The minimum atomic E-state index is -0.976. The van der Waals surface area contributed by atoms with Crippen molar-refractivity contribution in [3.8, 4) is 0 Å². The second kappa shape index (κ2) is 5.85. The van der Waals surface area contributed by atoms with Crippen molar-refractivity contribution >= 4 is 28.2 Å². The maximum absolute atomic E-state index is 12.9. The van der Waals surface area contributed by atoms with Crippen LogP contribution in [-0.4, -0.2) is 23.6 Å². The van der Waals surface area contributed by atoms with Crippen LogP contribution in [-0.2, 0) is 22.6 Å². The van der Waals surface area contributed by atoms with Gasteiger partial charge in [-0.2, -0.15) is 0 Å². The van der Waals surface area contributed by atoms with Gasteiger partial charge in [0.25, 0.3) is 0 Å². The van der Waals surface area contributed by atoms with Crippen LogP contribution in [0.15, 0.2) is 0 Å². The lowest BCUT2D eigenvalue weighted by atomic mass is 9.67. The van der Waals surface area contributed by atoms with Crippen LogP contribution < -0.4 is 5.32 Å². The van der Waals surface area contributed by atoms with Gasteiger partial charge in [-0.15, -0.1) is 11.3 Å². The average Bonchev–Trinajstić information content (AvgIpc) is 2.93. The summed E-state index contributed by atoms with van der Waals surface area (Å²) in [4.78, 5) is 25.5. The van der Waals surface area contributed by atoms with Gasteiger partial charge in [0, 0.05) is 10.8 Å². The van der Waals surface area contributed by atoms with Crippen molar-refractivity contribution in [2.45, 2.75) is 53.6 Å². The first-order valence-corrected chi connectivity index (χ1v) is 9.23. The van der Waals surface area contributed by atoms with Gasteiger partial charge in [-0.05, 0) is 35.7 Å².